The highest BCUT2D eigenvalue weighted by Gasteiger charge is 2.10. The molecular weight excluding hydrogens is 400 g/mol. The summed E-state index contributed by atoms with van der Waals surface area (Å²) in [6.45, 7) is 9.20. The van der Waals surface area contributed by atoms with Crippen LogP contribution in [0.1, 0.15) is 79.4 Å². The molecule has 0 aromatic heterocycles. The van der Waals surface area contributed by atoms with Crippen molar-refractivity contribution in [2.75, 3.05) is 0 Å². The molecule has 3 aromatic rings. The number of ether oxygens (including phenoxy) is 1. The standard InChI is InChI=1S/C18H20O4.C10H14/c1-3-12(2)14-6-4-13(5-7-14)11-22-15-8-9-16(18(20)21)17(19)10-15;1-3-9(2)10-7-5-4-6-8-10/h4-10,12,19H,3,11H2,1-2H3,(H,20,21);4-9H,3H2,1-2H3. The summed E-state index contributed by atoms with van der Waals surface area (Å²) in [5.74, 6) is 0.229. The number of rotatable bonds is 8. The van der Waals surface area contributed by atoms with E-state index >= 15 is 0 Å². The minimum atomic E-state index is -1.16. The minimum Gasteiger partial charge on any atom is -0.507 e. The van der Waals surface area contributed by atoms with Crippen LogP contribution in [0.3, 0.4) is 0 Å². The predicted molar refractivity (Wildman–Crippen MR) is 130 cm³/mol. The number of phenols is 1. The molecule has 2 unspecified atom stereocenters. The van der Waals surface area contributed by atoms with Crippen molar-refractivity contribution in [2.45, 2.75) is 59.0 Å². The lowest BCUT2D eigenvalue weighted by Gasteiger charge is -2.11. The van der Waals surface area contributed by atoms with Crippen LogP contribution in [0.2, 0.25) is 0 Å². The van der Waals surface area contributed by atoms with E-state index in [0.717, 1.165) is 12.0 Å². The smallest absolute Gasteiger partial charge is 0.339 e. The maximum absolute atomic E-state index is 10.8. The highest BCUT2D eigenvalue weighted by Crippen LogP contribution is 2.25. The SMILES string of the molecule is CCC(C)c1ccc(COc2ccc(C(=O)O)c(O)c2)cc1.CCC(C)c1ccccc1. The largest absolute Gasteiger partial charge is 0.507 e. The molecule has 0 radical (unpaired) electrons. The Kier molecular flexibility index (Phi) is 9.80. The molecule has 0 bridgehead atoms. The van der Waals surface area contributed by atoms with Crippen molar-refractivity contribution in [3.05, 3.63) is 95.1 Å². The molecule has 4 heteroatoms. The number of carbonyl (C=O) groups is 1. The zero-order valence-electron chi connectivity index (χ0n) is 19.4. The first-order valence-corrected chi connectivity index (χ1v) is 11.2. The van der Waals surface area contributed by atoms with Crippen LogP contribution >= 0.6 is 0 Å². The molecule has 0 saturated carbocycles. The van der Waals surface area contributed by atoms with Crippen molar-refractivity contribution in [3.63, 3.8) is 0 Å². The number of hydrogen-bond donors (Lipinski definition) is 2. The van der Waals surface area contributed by atoms with Crippen LogP contribution < -0.4 is 4.74 Å². The molecule has 32 heavy (non-hydrogen) atoms. The summed E-state index contributed by atoms with van der Waals surface area (Å²) in [6, 6.07) is 23.1. The van der Waals surface area contributed by atoms with Gasteiger partial charge in [-0.25, -0.2) is 4.79 Å². The van der Waals surface area contributed by atoms with Crippen LogP contribution in [0.15, 0.2) is 72.8 Å². The van der Waals surface area contributed by atoms with Crippen LogP contribution in [0.4, 0.5) is 0 Å². The van der Waals surface area contributed by atoms with E-state index in [9.17, 15) is 9.90 Å². The monoisotopic (exact) mass is 434 g/mol. The number of benzene rings is 3. The fourth-order valence-electron chi connectivity index (χ4n) is 3.14. The van der Waals surface area contributed by atoms with Crippen LogP contribution in [-0.2, 0) is 6.61 Å². The van der Waals surface area contributed by atoms with E-state index in [1.165, 1.54) is 35.7 Å². The third kappa shape index (κ3) is 7.45. The summed E-state index contributed by atoms with van der Waals surface area (Å²) in [5, 5.41) is 18.5. The highest BCUT2D eigenvalue weighted by atomic mass is 16.5. The second-order valence-electron chi connectivity index (χ2n) is 8.04. The predicted octanol–water partition coefficient (Wildman–Crippen LogP) is 7.38. The van der Waals surface area contributed by atoms with Gasteiger partial charge in [0.25, 0.3) is 0 Å². The van der Waals surface area contributed by atoms with Gasteiger partial charge in [-0.15, -0.1) is 0 Å². The van der Waals surface area contributed by atoms with E-state index in [2.05, 4.69) is 70.2 Å². The molecule has 2 atom stereocenters. The fourth-order valence-corrected chi connectivity index (χ4v) is 3.14. The summed E-state index contributed by atoms with van der Waals surface area (Å²) in [7, 11) is 0. The third-order valence-corrected chi connectivity index (χ3v) is 5.75. The Morgan fingerprint density at radius 1 is 0.844 bits per heavy atom. The maximum Gasteiger partial charge on any atom is 0.339 e. The Hall–Kier alpha value is -3.27. The maximum atomic E-state index is 10.8. The minimum absolute atomic E-state index is 0.134. The first kappa shape index (κ1) is 25.0. The zero-order chi connectivity index (χ0) is 23.5. The molecule has 0 heterocycles. The van der Waals surface area contributed by atoms with Gasteiger partial charge in [0, 0.05) is 6.07 Å². The lowest BCUT2D eigenvalue weighted by molar-refractivity contribution is 0.0693. The van der Waals surface area contributed by atoms with Gasteiger partial charge in [0.05, 0.1) is 0 Å². The van der Waals surface area contributed by atoms with Gasteiger partial charge in [0.1, 0.15) is 23.7 Å². The average Bonchev–Trinajstić information content (AvgIpc) is 2.82. The topological polar surface area (TPSA) is 66.8 Å². The Labute approximate surface area is 191 Å². The Morgan fingerprint density at radius 3 is 1.91 bits per heavy atom. The van der Waals surface area contributed by atoms with Crippen LogP contribution in [-0.4, -0.2) is 16.2 Å². The Morgan fingerprint density at radius 2 is 1.41 bits per heavy atom. The van der Waals surface area contributed by atoms with Crippen molar-refractivity contribution >= 4 is 5.97 Å². The molecule has 0 amide bonds. The Bertz CT molecular complexity index is 964. The number of aromatic carboxylic acids is 1. The van der Waals surface area contributed by atoms with Gasteiger partial charge in [-0.3, -0.25) is 0 Å². The van der Waals surface area contributed by atoms with Crippen LogP contribution in [0, 0.1) is 0 Å². The molecule has 0 spiro atoms. The first-order valence-electron chi connectivity index (χ1n) is 11.2. The number of aromatic hydroxyl groups is 1. The molecule has 0 aliphatic heterocycles. The molecular formula is C28H34O4. The van der Waals surface area contributed by atoms with Crippen molar-refractivity contribution in [2.24, 2.45) is 0 Å². The average molecular weight is 435 g/mol. The van der Waals surface area contributed by atoms with Crippen molar-refractivity contribution in [3.8, 4) is 11.5 Å². The van der Waals surface area contributed by atoms with Gasteiger partial charge in [0.2, 0.25) is 0 Å². The zero-order valence-corrected chi connectivity index (χ0v) is 19.4. The van der Waals surface area contributed by atoms with E-state index in [0.29, 0.717) is 24.2 Å². The molecule has 4 nitrogen and oxygen atoms in total. The molecule has 2 N–H and O–H groups in total. The van der Waals surface area contributed by atoms with Crippen molar-refractivity contribution < 1.29 is 19.7 Å². The van der Waals surface area contributed by atoms with Gasteiger partial charge in [0.15, 0.2) is 0 Å². The number of carboxylic acid groups (broad SMARTS) is 1. The molecule has 3 aromatic carbocycles. The van der Waals surface area contributed by atoms with E-state index in [-0.39, 0.29) is 11.3 Å². The summed E-state index contributed by atoms with van der Waals surface area (Å²) in [6.07, 6.45) is 2.33. The lowest BCUT2D eigenvalue weighted by atomic mass is 9.98. The first-order chi connectivity index (χ1) is 15.3. The second-order valence-corrected chi connectivity index (χ2v) is 8.04. The van der Waals surface area contributed by atoms with E-state index in [1.54, 1.807) is 0 Å². The van der Waals surface area contributed by atoms with Gasteiger partial charge in [-0.1, -0.05) is 82.3 Å². The summed E-state index contributed by atoms with van der Waals surface area (Å²) < 4.78 is 5.58. The van der Waals surface area contributed by atoms with Gasteiger partial charge in [-0.05, 0) is 53.5 Å². The normalized spacial score (nSPS) is 12.2. The number of hydrogen-bond acceptors (Lipinski definition) is 3. The van der Waals surface area contributed by atoms with Gasteiger partial charge in [-0.2, -0.15) is 0 Å². The van der Waals surface area contributed by atoms with Crippen LogP contribution in [0.5, 0.6) is 11.5 Å². The van der Waals surface area contributed by atoms with Crippen molar-refractivity contribution in [1.29, 1.82) is 0 Å². The van der Waals surface area contributed by atoms with Crippen LogP contribution in [0.25, 0.3) is 0 Å². The van der Waals surface area contributed by atoms with E-state index < -0.39 is 5.97 Å². The molecule has 3 rings (SSSR count). The summed E-state index contributed by atoms with van der Waals surface area (Å²) in [4.78, 5) is 10.8. The van der Waals surface area contributed by atoms with Crippen molar-refractivity contribution in [1.82, 2.24) is 0 Å². The van der Waals surface area contributed by atoms with E-state index in [1.807, 2.05) is 12.1 Å². The lowest BCUT2D eigenvalue weighted by Crippen LogP contribution is -1.99. The van der Waals surface area contributed by atoms with E-state index in [4.69, 9.17) is 9.84 Å². The van der Waals surface area contributed by atoms with Gasteiger partial charge < -0.3 is 14.9 Å². The molecule has 0 aliphatic carbocycles. The quantitative estimate of drug-likeness (QED) is 0.388. The summed E-state index contributed by atoms with van der Waals surface area (Å²) in [5.41, 5.74) is 3.64. The molecule has 0 saturated heterocycles. The summed E-state index contributed by atoms with van der Waals surface area (Å²) >= 11 is 0. The fraction of sp³-hybridized carbons (Fsp3) is 0.321. The van der Waals surface area contributed by atoms with Gasteiger partial charge >= 0.3 is 5.97 Å². The second kappa shape index (κ2) is 12.6. The Balaban J connectivity index is 0.000000303. The molecule has 170 valence electrons. The molecule has 0 fully saturated rings. The third-order valence-electron chi connectivity index (χ3n) is 5.75. The molecule has 0 aliphatic rings. The highest BCUT2D eigenvalue weighted by molar-refractivity contribution is 5.90. The number of carboxylic acids is 1.